The van der Waals surface area contributed by atoms with Crippen molar-refractivity contribution in [3.05, 3.63) is 59.7 Å². The van der Waals surface area contributed by atoms with Gasteiger partial charge < -0.3 is 5.73 Å². The number of nitrogens with zero attached hydrogens (tertiary/aromatic N) is 1. The molecule has 0 aliphatic heterocycles. The van der Waals surface area contributed by atoms with E-state index in [1.54, 1.807) is 0 Å². The van der Waals surface area contributed by atoms with E-state index in [0.717, 1.165) is 23.2 Å². The van der Waals surface area contributed by atoms with E-state index >= 15 is 0 Å². The lowest BCUT2D eigenvalue weighted by atomic mass is 9.98. The summed E-state index contributed by atoms with van der Waals surface area (Å²) in [5, 5.41) is 0. The molecule has 0 aliphatic carbocycles. The lowest BCUT2D eigenvalue weighted by molar-refractivity contribution is 0.266. The molecule has 2 aromatic rings. The first kappa shape index (κ1) is 15.7. The van der Waals surface area contributed by atoms with Crippen LogP contribution in [0, 0.1) is 0 Å². The first-order valence-corrected chi connectivity index (χ1v) is 7.58. The van der Waals surface area contributed by atoms with Gasteiger partial charge in [-0.05, 0) is 37.6 Å². The quantitative estimate of drug-likeness (QED) is 0.851. The number of hydrogen-bond donors (Lipinski definition) is 1. The summed E-state index contributed by atoms with van der Waals surface area (Å²) in [5.41, 5.74) is 10.3. The highest BCUT2D eigenvalue weighted by Crippen LogP contribution is 2.24. The van der Waals surface area contributed by atoms with Crippen molar-refractivity contribution in [3.8, 4) is 11.1 Å². The minimum atomic E-state index is 0.439. The average molecular weight is 298 g/mol. The van der Waals surface area contributed by atoms with Crippen molar-refractivity contribution in [2.45, 2.75) is 26.4 Å². The first-order valence-electron chi connectivity index (χ1n) is 7.17. The molecular weight excluding hydrogens is 276 g/mol. The molecule has 21 heavy (non-hydrogen) atoms. The number of benzene rings is 2. The van der Waals surface area contributed by atoms with Gasteiger partial charge in [0.2, 0.25) is 0 Å². The van der Waals surface area contributed by atoms with Gasteiger partial charge >= 0.3 is 0 Å². The molecule has 2 aromatic carbocycles. The van der Waals surface area contributed by atoms with E-state index < -0.39 is 0 Å². The summed E-state index contributed by atoms with van der Waals surface area (Å²) in [6.45, 7) is 5.36. The Labute approximate surface area is 132 Å². The van der Waals surface area contributed by atoms with Crippen molar-refractivity contribution in [3.63, 3.8) is 0 Å². The molecule has 110 valence electrons. The predicted molar refractivity (Wildman–Crippen MR) is 94.4 cm³/mol. The summed E-state index contributed by atoms with van der Waals surface area (Å²) in [6, 6.07) is 17.2. The molecule has 0 saturated heterocycles. The maximum Gasteiger partial charge on any atom is 0.104 e. The minimum Gasteiger partial charge on any atom is -0.389 e. The Morgan fingerprint density at radius 3 is 2.29 bits per heavy atom. The van der Waals surface area contributed by atoms with Gasteiger partial charge in [-0.25, -0.2) is 0 Å². The summed E-state index contributed by atoms with van der Waals surface area (Å²) in [7, 11) is 2.14. The Morgan fingerprint density at radius 1 is 1.10 bits per heavy atom. The van der Waals surface area contributed by atoms with E-state index in [1.165, 1.54) is 5.56 Å². The molecule has 0 spiro atoms. The zero-order valence-corrected chi connectivity index (χ0v) is 13.7. The molecular formula is C18H22N2S. The van der Waals surface area contributed by atoms with Crippen molar-refractivity contribution in [2.24, 2.45) is 5.73 Å². The molecule has 0 heterocycles. The van der Waals surface area contributed by atoms with Crippen molar-refractivity contribution >= 4 is 17.2 Å². The number of nitrogens with two attached hydrogens (primary N) is 1. The van der Waals surface area contributed by atoms with E-state index in [9.17, 15) is 0 Å². The Balaban J connectivity index is 2.26. The van der Waals surface area contributed by atoms with E-state index in [4.69, 9.17) is 18.0 Å². The molecule has 2 nitrogen and oxygen atoms in total. The van der Waals surface area contributed by atoms with Crippen molar-refractivity contribution in [1.29, 1.82) is 0 Å². The van der Waals surface area contributed by atoms with Crippen LogP contribution in [0.1, 0.15) is 25.0 Å². The first-order chi connectivity index (χ1) is 9.99. The average Bonchev–Trinajstić information content (AvgIpc) is 2.48. The lowest BCUT2D eigenvalue weighted by Crippen LogP contribution is -2.25. The molecule has 0 unspecified atom stereocenters. The Morgan fingerprint density at radius 2 is 1.71 bits per heavy atom. The van der Waals surface area contributed by atoms with E-state index in [1.807, 2.05) is 18.2 Å². The second kappa shape index (κ2) is 6.83. The van der Waals surface area contributed by atoms with Crippen LogP contribution in [0.5, 0.6) is 0 Å². The van der Waals surface area contributed by atoms with Crippen LogP contribution in [0.4, 0.5) is 0 Å². The minimum absolute atomic E-state index is 0.439. The molecule has 0 bridgehead atoms. The normalized spacial score (nSPS) is 11.1. The Kier molecular flexibility index (Phi) is 5.10. The molecule has 0 fully saturated rings. The van der Waals surface area contributed by atoms with Crippen LogP contribution >= 0.6 is 12.2 Å². The van der Waals surface area contributed by atoms with Gasteiger partial charge in [-0.15, -0.1) is 0 Å². The smallest absolute Gasteiger partial charge is 0.104 e. The van der Waals surface area contributed by atoms with Crippen LogP contribution in [-0.4, -0.2) is 23.0 Å². The van der Waals surface area contributed by atoms with Crippen molar-refractivity contribution < 1.29 is 0 Å². The van der Waals surface area contributed by atoms with Crippen molar-refractivity contribution in [1.82, 2.24) is 4.90 Å². The molecule has 0 aromatic heterocycles. The maximum atomic E-state index is 5.81. The molecule has 0 atom stereocenters. The van der Waals surface area contributed by atoms with Gasteiger partial charge in [-0.1, -0.05) is 60.7 Å². The van der Waals surface area contributed by atoms with Gasteiger partial charge in [0.25, 0.3) is 0 Å². The highest BCUT2D eigenvalue weighted by atomic mass is 32.1. The standard InChI is InChI=1S/C18H22N2S/c1-13(2)20(3)12-14-8-10-15(11-9-14)16-6-4-5-7-17(16)18(19)21/h4-11,13H,12H2,1-3H3,(H2,19,21). The summed E-state index contributed by atoms with van der Waals surface area (Å²) >= 11 is 5.13. The van der Waals surface area contributed by atoms with Crippen molar-refractivity contribution in [2.75, 3.05) is 7.05 Å². The maximum absolute atomic E-state index is 5.81. The SMILES string of the molecule is CC(C)N(C)Cc1ccc(-c2ccccc2C(N)=S)cc1. The third-order valence-electron chi connectivity index (χ3n) is 3.77. The fraction of sp³-hybridized carbons (Fsp3) is 0.278. The van der Waals surface area contributed by atoms with Gasteiger partial charge in [0, 0.05) is 18.2 Å². The fourth-order valence-electron chi connectivity index (χ4n) is 2.21. The van der Waals surface area contributed by atoms with Gasteiger partial charge in [0.05, 0.1) is 0 Å². The summed E-state index contributed by atoms with van der Waals surface area (Å²) in [5.74, 6) is 0. The summed E-state index contributed by atoms with van der Waals surface area (Å²) < 4.78 is 0. The zero-order valence-electron chi connectivity index (χ0n) is 12.8. The van der Waals surface area contributed by atoms with Crippen LogP contribution in [0.3, 0.4) is 0 Å². The second-order valence-corrected chi connectivity index (χ2v) is 6.06. The van der Waals surface area contributed by atoms with Gasteiger partial charge in [0.1, 0.15) is 4.99 Å². The van der Waals surface area contributed by atoms with Crippen LogP contribution in [-0.2, 0) is 6.54 Å². The molecule has 0 aliphatic rings. The molecule has 2 N–H and O–H groups in total. The fourth-order valence-corrected chi connectivity index (χ4v) is 2.39. The third-order valence-corrected chi connectivity index (χ3v) is 3.99. The zero-order chi connectivity index (χ0) is 15.4. The molecule has 0 amide bonds. The monoisotopic (exact) mass is 298 g/mol. The Bertz CT molecular complexity index is 617. The molecule has 2 rings (SSSR count). The highest BCUT2D eigenvalue weighted by Gasteiger charge is 2.08. The summed E-state index contributed by atoms with van der Waals surface area (Å²) in [6.07, 6.45) is 0. The second-order valence-electron chi connectivity index (χ2n) is 5.62. The predicted octanol–water partition coefficient (Wildman–Crippen LogP) is 3.83. The van der Waals surface area contributed by atoms with E-state index in [0.29, 0.717) is 11.0 Å². The summed E-state index contributed by atoms with van der Waals surface area (Å²) in [4.78, 5) is 2.76. The molecule has 0 radical (unpaired) electrons. The molecule has 3 heteroatoms. The lowest BCUT2D eigenvalue weighted by Gasteiger charge is -2.21. The number of thiocarbonyl (C=S) groups is 1. The highest BCUT2D eigenvalue weighted by molar-refractivity contribution is 7.80. The third kappa shape index (κ3) is 3.90. The van der Waals surface area contributed by atoms with Crippen LogP contribution in [0.2, 0.25) is 0 Å². The van der Waals surface area contributed by atoms with Crippen LogP contribution in [0.25, 0.3) is 11.1 Å². The van der Waals surface area contributed by atoms with Crippen LogP contribution < -0.4 is 5.73 Å². The Hall–Kier alpha value is -1.71. The van der Waals surface area contributed by atoms with Crippen LogP contribution in [0.15, 0.2) is 48.5 Å². The largest absolute Gasteiger partial charge is 0.389 e. The van der Waals surface area contributed by atoms with E-state index in [-0.39, 0.29) is 0 Å². The van der Waals surface area contributed by atoms with Gasteiger partial charge in [0.15, 0.2) is 0 Å². The van der Waals surface area contributed by atoms with Gasteiger partial charge in [-0.3, -0.25) is 4.90 Å². The topological polar surface area (TPSA) is 29.3 Å². The van der Waals surface area contributed by atoms with Gasteiger partial charge in [-0.2, -0.15) is 0 Å². The number of hydrogen-bond acceptors (Lipinski definition) is 2. The molecule has 0 saturated carbocycles. The van der Waals surface area contributed by atoms with E-state index in [2.05, 4.69) is 56.1 Å². The number of rotatable bonds is 5.